The van der Waals surface area contributed by atoms with Crippen LogP contribution in [-0.4, -0.2) is 39.9 Å². The number of aromatic hydroxyl groups is 3. The molecule has 3 N–H and O–H groups in total. The van der Waals surface area contributed by atoms with E-state index >= 15 is 0 Å². The summed E-state index contributed by atoms with van der Waals surface area (Å²) in [6.07, 6.45) is 3.78. The smallest absolute Gasteiger partial charge is 0.200 e. The lowest BCUT2D eigenvalue weighted by Crippen LogP contribution is -2.11. The fraction of sp³-hybridized carbons (Fsp3) is 0.375. The Morgan fingerprint density at radius 2 is 1.77 bits per heavy atom. The molecule has 0 saturated carbocycles. The molecule has 2 aromatic rings. The van der Waals surface area contributed by atoms with Gasteiger partial charge in [0, 0.05) is 17.5 Å². The maximum atomic E-state index is 13.2. The van der Waals surface area contributed by atoms with Gasteiger partial charge in [-0.3, -0.25) is 4.79 Å². The van der Waals surface area contributed by atoms with Crippen molar-refractivity contribution in [2.24, 2.45) is 5.92 Å². The van der Waals surface area contributed by atoms with Crippen LogP contribution in [0.1, 0.15) is 54.7 Å². The molecule has 0 unspecified atom stereocenters. The van der Waals surface area contributed by atoms with Gasteiger partial charge in [0.25, 0.3) is 0 Å². The number of benzene rings is 2. The predicted octanol–water partition coefficient (Wildman–Crippen LogP) is 4.43. The van der Waals surface area contributed by atoms with Crippen molar-refractivity contribution in [2.45, 2.75) is 45.8 Å². The second kappa shape index (κ2) is 8.03. The van der Waals surface area contributed by atoms with Crippen LogP contribution in [0.25, 0.3) is 6.08 Å². The first kappa shape index (κ1) is 21.7. The van der Waals surface area contributed by atoms with Crippen LogP contribution in [0.5, 0.6) is 23.0 Å². The van der Waals surface area contributed by atoms with Gasteiger partial charge in [-0.1, -0.05) is 26.0 Å². The lowest BCUT2D eigenvalue weighted by Gasteiger charge is -2.19. The predicted molar refractivity (Wildman–Crippen MR) is 114 cm³/mol. The normalized spacial score (nSPS) is 17.5. The van der Waals surface area contributed by atoms with Crippen LogP contribution in [0.3, 0.4) is 0 Å². The van der Waals surface area contributed by atoms with E-state index < -0.39 is 5.78 Å². The number of hydrogen-bond donors (Lipinski definition) is 3. The molecular weight excluding hydrogens is 384 g/mol. The first-order chi connectivity index (χ1) is 14.1. The lowest BCUT2D eigenvalue weighted by atomic mass is 9.91. The fourth-order valence-electron chi connectivity index (χ4n) is 3.42. The Balaban J connectivity index is 2.20. The topological polar surface area (TPSA) is 99.5 Å². The van der Waals surface area contributed by atoms with E-state index in [-0.39, 0.29) is 46.0 Å². The third kappa shape index (κ3) is 4.14. The van der Waals surface area contributed by atoms with Crippen LogP contribution in [0.2, 0.25) is 0 Å². The average Bonchev–Trinajstić information content (AvgIpc) is 3.29. The van der Waals surface area contributed by atoms with Gasteiger partial charge >= 0.3 is 0 Å². The fourth-order valence-corrected chi connectivity index (χ4v) is 3.42. The molecule has 2 aromatic carbocycles. The number of hydrogen-bond acceptors (Lipinski definition) is 6. The Morgan fingerprint density at radius 1 is 1.17 bits per heavy atom. The summed E-state index contributed by atoms with van der Waals surface area (Å²) in [7, 11) is 1.46. The van der Waals surface area contributed by atoms with E-state index in [1.54, 1.807) is 6.08 Å². The summed E-state index contributed by atoms with van der Waals surface area (Å²) in [5.41, 5.74) is 0.454. The molecule has 6 heteroatoms. The molecule has 160 valence electrons. The van der Waals surface area contributed by atoms with Gasteiger partial charge in [0.2, 0.25) is 5.78 Å². The number of ketones is 1. The number of allylic oxidation sites excluding steroid dienone is 1. The van der Waals surface area contributed by atoms with Crippen molar-refractivity contribution < 1.29 is 29.6 Å². The highest BCUT2D eigenvalue weighted by Gasteiger charge is 2.48. The Kier molecular flexibility index (Phi) is 5.81. The van der Waals surface area contributed by atoms with Gasteiger partial charge in [-0.2, -0.15) is 0 Å². The maximum Gasteiger partial charge on any atom is 0.200 e. The van der Waals surface area contributed by atoms with Gasteiger partial charge in [0.05, 0.1) is 24.4 Å². The van der Waals surface area contributed by atoms with E-state index in [0.29, 0.717) is 23.3 Å². The molecular formula is C24H28O6. The molecule has 3 rings (SSSR count). The van der Waals surface area contributed by atoms with Crippen LogP contribution in [0.4, 0.5) is 0 Å². The molecule has 1 fully saturated rings. The average molecular weight is 412 g/mol. The van der Waals surface area contributed by atoms with Crippen LogP contribution in [0, 0.1) is 5.92 Å². The highest BCUT2D eigenvalue weighted by Crippen LogP contribution is 2.48. The van der Waals surface area contributed by atoms with Crippen molar-refractivity contribution in [3.05, 3.63) is 52.6 Å². The molecule has 0 spiro atoms. The summed E-state index contributed by atoms with van der Waals surface area (Å²) in [5, 5.41) is 31.5. The van der Waals surface area contributed by atoms with Gasteiger partial charge in [-0.15, -0.1) is 0 Å². The number of epoxide rings is 1. The third-order valence-electron chi connectivity index (χ3n) is 5.30. The monoisotopic (exact) mass is 412 g/mol. The molecule has 0 radical (unpaired) electrons. The SMILES string of the molecule is COc1c(/C=C/C(C)C)c(O)c(C(=O)c2ccc(O)cc2)c(O)c1C[C@@H]1OC1(C)C. The van der Waals surface area contributed by atoms with E-state index in [1.165, 1.54) is 31.4 Å². The number of rotatable bonds is 7. The zero-order chi connectivity index (χ0) is 22.2. The number of phenols is 3. The van der Waals surface area contributed by atoms with Gasteiger partial charge in [0.1, 0.15) is 28.6 Å². The Morgan fingerprint density at radius 3 is 2.27 bits per heavy atom. The minimum Gasteiger partial charge on any atom is -0.508 e. The molecule has 0 aliphatic carbocycles. The summed E-state index contributed by atoms with van der Waals surface area (Å²) in [5.74, 6) is -0.689. The number of methoxy groups -OCH3 is 1. The van der Waals surface area contributed by atoms with Gasteiger partial charge in [0.15, 0.2) is 0 Å². The van der Waals surface area contributed by atoms with Crippen molar-refractivity contribution in [2.75, 3.05) is 7.11 Å². The van der Waals surface area contributed by atoms with E-state index in [9.17, 15) is 20.1 Å². The minimum atomic E-state index is -0.552. The van der Waals surface area contributed by atoms with E-state index in [4.69, 9.17) is 9.47 Å². The zero-order valence-electron chi connectivity index (χ0n) is 17.9. The number of phenolic OH excluding ortho intramolecular Hbond substituents is 3. The van der Waals surface area contributed by atoms with Crippen LogP contribution < -0.4 is 4.74 Å². The quantitative estimate of drug-likeness (QED) is 0.459. The van der Waals surface area contributed by atoms with Crippen molar-refractivity contribution >= 4 is 11.9 Å². The molecule has 1 aliphatic rings. The minimum absolute atomic E-state index is 0.0177. The molecule has 1 saturated heterocycles. The molecule has 0 bridgehead atoms. The van der Waals surface area contributed by atoms with E-state index in [1.807, 2.05) is 33.8 Å². The van der Waals surface area contributed by atoms with Crippen molar-refractivity contribution in [1.29, 1.82) is 0 Å². The molecule has 1 atom stereocenters. The first-order valence-electron chi connectivity index (χ1n) is 9.91. The van der Waals surface area contributed by atoms with Gasteiger partial charge in [-0.25, -0.2) is 0 Å². The van der Waals surface area contributed by atoms with Crippen molar-refractivity contribution in [3.8, 4) is 23.0 Å². The second-order valence-electron chi connectivity index (χ2n) is 8.39. The van der Waals surface area contributed by atoms with Crippen LogP contribution in [0.15, 0.2) is 30.3 Å². The maximum absolute atomic E-state index is 13.2. The lowest BCUT2D eigenvalue weighted by molar-refractivity contribution is 0.103. The van der Waals surface area contributed by atoms with Crippen molar-refractivity contribution in [3.63, 3.8) is 0 Å². The largest absolute Gasteiger partial charge is 0.508 e. The molecule has 0 aromatic heterocycles. The van der Waals surface area contributed by atoms with Gasteiger partial charge in [-0.05, 0) is 44.0 Å². The van der Waals surface area contributed by atoms with E-state index in [0.717, 1.165) is 0 Å². The summed E-state index contributed by atoms with van der Waals surface area (Å²) in [6, 6.07) is 5.65. The molecule has 1 aliphatic heterocycles. The molecule has 0 amide bonds. The zero-order valence-corrected chi connectivity index (χ0v) is 17.9. The van der Waals surface area contributed by atoms with E-state index in [2.05, 4.69) is 0 Å². The number of carbonyl (C=O) groups is 1. The Bertz CT molecular complexity index is 986. The van der Waals surface area contributed by atoms with Crippen LogP contribution >= 0.6 is 0 Å². The second-order valence-corrected chi connectivity index (χ2v) is 8.39. The summed E-state index contributed by atoms with van der Waals surface area (Å²) in [4.78, 5) is 13.2. The summed E-state index contributed by atoms with van der Waals surface area (Å²) >= 11 is 0. The number of carbonyl (C=O) groups excluding carboxylic acids is 1. The molecule has 1 heterocycles. The Hall–Kier alpha value is -2.99. The first-order valence-corrected chi connectivity index (χ1v) is 9.91. The highest BCUT2D eigenvalue weighted by molar-refractivity contribution is 6.13. The highest BCUT2D eigenvalue weighted by atomic mass is 16.6. The molecule has 30 heavy (non-hydrogen) atoms. The molecule has 6 nitrogen and oxygen atoms in total. The van der Waals surface area contributed by atoms with Crippen molar-refractivity contribution in [1.82, 2.24) is 0 Å². The standard InChI is InChI=1S/C24H28O6/c1-13(2)6-11-16-21(27)19(20(26)14-7-9-15(25)10-8-14)22(28)17(23(16)29-5)12-18-24(3,4)30-18/h6-11,13,18,25,27-28H,12H2,1-5H3/b11-6+/t18-/m0/s1. The number of ether oxygens (including phenoxy) is 2. The van der Waals surface area contributed by atoms with Gasteiger partial charge < -0.3 is 24.8 Å². The van der Waals surface area contributed by atoms with Crippen LogP contribution in [-0.2, 0) is 11.2 Å². The Labute approximate surface area is 176 Å². The third-order valence-corrected chi connectivity index (χ3v) is 5.30. The summed E-state index contributed by atoms with van der Waals surface area (Å²) in [6.45, 7) is 7.88. The summed E-state index contributed by atoms with van der Waals surface area (Å²) < 4.78 is 11.2.